The molecule has 0 spiro atoms. The zero-order valence-corrected chi connectivity index (χ0v) is 18.9. The van der Waals surface area contributed by atoms with E-state index in [4.69, 9.17) is 21.3 Å². The van der Waals surface area contributed by atoms with Crippen LogP contribution in [-0.4, -0.2) is 30.3 Å². The normalized spacial score (nSPS) is 19.2. The van der Waals surface area contributed by atoms with E-state index in [-0.39, 0.29) is 17.1 Å². The van der Waals surface area contributed by atoms with Crippen LogP contribution >= 0.6 is 11.6 Å². The molecule has 8 heteroatoms. The van der Waals surface area contributed by atoms with Crippen LogP contribution in [0, 0.1) is 5.41 Å². The molecule has 7 nitrogen and oxygen atoms in total. The smallest absolute Gasteiger partial charge is 0.228 e. The lowest BCUT2D eigenvalue weighted by molar-refractivity contribution is -0.118. The van der Waals surface area contributed by atoms with Gasteiger partial charge in [-0.1, -0.05) is 31.5 Å². The summed E-state index contributed by atoms with van der Waals surface area (Å²) in [5.74, 6) is 1.39. The van der Waals surface area contributed by atoms with Gasteiger partial charge in [0.1, 0.15) is 12.1 Å². The maximum atomic E-state index is 13.4. The van der Waals surface area contributed by atoms with Gasteiger partial charge in [-0.3, -0.25) is 9.78 Å². The minimum atomic E-state index is -0.375. The molecular weight excluding hydrogens is 438 g/mol. The number of nitrogens with zero attached hydrogens (tertiary/aromatic N) is 5. The highest BCUT2D eigenvalue weighted by atomic mass is 35.5. The summed E-state index contributed by atoms with van der Waals surface area (Å²) in [5, 5.41) is 5.27. The molecule has 4 aromatic rings. The van der Waals surface area contributed by atoms with Crippen LogP contribution in [0.2, 0.25) is 5.02 Å². The number of hydrogen-bond acceptors (Lipinski definition) is 6. The van der Waals surface area contributed by atoms with Crippen molar-refractivity contribution < 1.29 is 9.53 Å². The minimum absolute atomic E-state index is 0.0835. The lowest BCUT2D eigenvalue weighted by Gasteiger charge is -2.37. The molecule has 1 aromatic carbocycles. The molecule has 3 aromatic heterocycles. The number of carbonyl (C=O) groups is 1. The Bertz CT molecular complexity index is 1440. The molecule has 1 aliphatic carbocycles. The maximum absolute atomic E-state index is 13.4. The van der Waals surface area contributed by atoms with Gasteiger partial charge in [0.15, 0.2) is 17.3 Å². The molecule has 0 radical (unpaired) electrons. The number of benzene rings is 1. The summed E-state index contributed by atoms with van der Waals surface area (Å²) < 4.78 is 7.90. The van der Waals surface area contributed by atoms with Gasteiger partial charge in [-0.15, -0.1) is 5.10 Å². The fourth-order valence-electron chi connectivity index (χ4n) is 4.75. The Kier molecular flexibility index (Phi) is 4.39. The fourth-order valence-corrected chi connectivity index (χ4v) is 4.87. The average molecular weight is 458 g/mol. The molecule has 4 heterocycles. The largest absolute Gasteiger partial charge is 0.442 e. The number of halogens is 1. The van der Waals surface area contributed by atoms with Crippen molar-refractivity contribution in [2.24, 2.45) is 5.41 Å². The SMILES string of the molecule is CC1(C)CC(=O)C2=C(C1)Oc1ncn3nc(-c4ccc(Cl)cc4)nc3c1C2c1cccnc1. The van der Waals surface area contributed by atoms with Crippen molar-refractivity contribution in [1.29, 1.82) is 0 Å². The van der Waals surface area contributed by atoms with Gasteiger partial charge < -0.3 is 4.74 Å². The van der Waals surface area contributed by atoms with Crippen molar-refractivity contribution in [2.45, 2.75) is 32.6 Å². The third-order valence-corrected chi connectivity index (χ3v) is 6.44. The van der Waals surface area contributed by atoms with Gasteiger partial charge in [-0.05, 0) is 41.3 Å². The van der Waals surface area contributed by atoms with Crippen molar-refractivity contribution >= 4 is 23.0 Å². The van der Waals surface area contributed by atoms with Crippen molar-refractivity contribution in [3.8, 4) is 17.3 Å². The molecule has 0 saturated heterocycles. The number of fused-ring (bicyclic) bond motifs is 3. The van der Waals surface area contributed by atoms with Crippen molar-refractivity contribution in [2.75, 3.05) is 0 Å². The Balaban J connectivity index is 1.59. The summed E-state index contributed by atoms with van der Waals surface area (Å²) in [7, 11) is 0. The number of ether oxygens (including phenoxy) is 1. The highest BCUT2D eigenvalue weighted by Crippen LogP contribution is 2.50. The fraction of sp³-hybridized carbons (Fsp3) is 0.240. The Hall–Kier alpha value is -3.58. The first-order chi connectivity index (χ1) is 15.9. The van der Waals surface area contributed by atoms with E-state index in [1.54, 1.807) is 35.4 Å². The van der Waals surface area contributed by atoms with Gasteiger partial charge in [0, 0.05) is 41.4 Å². The van der Waals surface area contributed by atoms with E-state index in [0.717, 1.165) is 16.7 Å². The summed E-state index contributed by atoms with van der Waals surface area (Å²) in [6, 6.07) is 11.2. The summed E-state index contributed by atoms with van der Waals surface area (Å²) in [4.78, 5) is 27.1. The van der Waals surface area contributed by atoms with Crippen LogP contribution in [0.4, 0.5) is 0 Å². The first kappa shape index (κ1) is 20.1. The number of aromatic nitrogens is 5. The number of carbonyl (C=O) groups excluding carboxylic acids is 1. The highest BCUT2D eigenvalue weighted by Gasteiger charge is 2.44. The molecule has 33 heavy (non-hydrogen) atoms. The van der Waals surface area contributed by atoms with Crippen LogP contribution in [0.5, 0.6) is 5.88 Å². The molecule has 0 N–H and O–H groups in total. The Labute approximate surface area is 195 Å². The lowest BCUT2D eigenvalue weighted by atomic mass is 9.70. The monoisotopic (exact) mass is 457 g/mol. The van der Waals surface area contributed by atoms with Gasteiger partial charge in [0.25, 0.3) is 0 Å². The van der Waals surface area contributed by atoms with E-state index in [0.29, 0.717) is 46.5 Å². The molecule has 164 valence electrons. The van der Waals surface area contributed by atoms with Crippen LogP contribution in [0.15, 0.2) is 66.5 Å². The van der Waals surface area contributed by atoms with E-state index >= 15 is 0 Å². The quantitative estimate of drug-likeness (QED) is 0.421. The maximum Gasteiger partial charge on any atom is 0.228 e. The molecule has 2 aliphatic rings. The molecular formula is C25H20ClN5O2. The Morgan fingerprint density at radius 1 is 1.15 bits per heavy atom. The van der Waals surface area contributed by atoms with Gasteiger partial charge in [-0.25, -0.2) is 14.5 Å². The number of allylic oxidation sites excluding steroid dienone is 2. The van der Waals surface area contributed by atoms with E-state index < -0.39 is 0 Å². The van der Waals surface area contributed by atoms with Crippen LogP contribution in [0.25, 0.3) is 17.0 Å². The zero-order valence-electron chi connectivity index (χ0n) is 18.1. The third-order valence-electron chi connectivity index (χ3n) is 6.18. The van der Waals surface area contributed by atoms with E-state index in [1.807, 2.05) is 24.3 Å². The zero-order chi connectivity index (χ0) is 22.7. The third kappa shape index (κ3) is 3.31. The molecule has 6 rings (SSSR count). The number of rotatable bonds is 2. The summed E-state index contributed by atoms with van der Waals surface area (Å²) >= 11 is 6.04. The standard InChI is InChI=1S/C25H20ClN5O2/c1-25(2)10-17(32)20-18(11-25)33-24-21(19(20)15-4-3-9-27-12-15)23-29-22(30-31(23)13-28-24)14-5-7-16(26)8-6-14/h3-9,12-13,19H,10-11H2,1-2H3. The minimum Gasteiger partial charge on any atom is -0.442 e. The van der Waals surface area contributed by atoms with Gasteiger partial charge in [0.2, 0.25) is 5.88 Å². The van der Waals surface area contributed by atoms with Gasteiger partial charge in [-0.2, -0.15) is 0 Å². The number of Topliss-reactive ketones (excluding diaryl/α,β-unsaturated/α-hetero) is 1. The number of pyridine rings is 1. The number of ketones is 1. The van der Waals surface area contributed by atoms with E-state index in [1.165, 1.54) is 0 Å². The summed E-state index contributed by atoms with van der Waals surface area (Å²) in [6.45, 7) is 4.17. The Morgan fingerprint density at radius 2 is 1.97 bits per heavy atom. The first-order valence-corrected chi connectivity index (χ1v) is 11.1. The molecule has 0 fully saturated rings. The van der Waals surface area contributed by atoms with Crippen molar-refractivity contribution in [1.82, 2.24) is 24.6 Å². The molecule has 1 aliphatic heterocycles. The van der Waals surface area contributed by atoms with Crippen LogP contribution < -0.4 is 4.74 Å². The van der Waals surface area contributed by atoms with E-state index in [9.17, 15) is 4.79 Å². The lowest BCUT2D eigenvalue weighted by Crippen LogP contribution is -2.33. The van der Waals surface area contributed by atoms with Crippen molar-refractivity contribution in [3.63, 3.8) is 0 Å². The summed E-state index contributed by atoms with van der Waals surface area (Å²) in [5.41, 5.74) is 3.55. The van der Waals surface area contributed by atoms with Gasteiger partial charge in [0.05, 0.1) is 11.5 Å². The molecule has 1 atom stereocenters. The van der Waals surface area contributed by atoms with Crippen molar-refractivity contribution in [3.05, 3.63) is 82.6 Å². The van der Waals surface area contributed by atoms with E-state index in [2.05, 4.69) is 28.9 Å². The first-order valence-electron chi connectivity index (χ1n) is 10.7. The topological polar surface area (TPSA) is 82.3 Å². The molecule has 0 saturated carbocycles. The second-order valence-corrected chi connectivity index (χ2v) is 9.71. The van der Waals surface area contributed by atoms with Crippen LogP contribution in [0.1, 0.15) is 43.7 Å². The molecule has 1 unspecified atom stereocenters. The average Bonchev–Trinajstić information content (AvgIpc) is 3.22. The van der Waals surface area contributed by atoms with Gasteiger partial charge >= 0.3 is 0 Å². The summed E-state index contributed by atoms with van der Waals surface area (Å²) in [6.07, 6.45) is 6.24. The molecule has 0 bridgehead atoms. The predicted octanol–water partition coefficient (Wildman–Crippen LogP) is 5.01. The van der Waals surface area contributed by atoms with Crippen LogP contribution in [0.3, 0.4) is 0 Å². The number of hydrogen-bond donors (Lipinski definition) is 0. The highest BCUT2D eigenvalue weighted by molar-refractivity contribution is 6.30. The molecule has 0 amide bonds. The second-order valence-electron chi connectivity index (χ2n) is 9.27. The second kappa shape index (κ2) is 7.22. The Morgan fingerprint density at radius 3 is 2.73 bits per heavy atom. The predicted molar refractivity (Wildman–Crippen MR) is 123 cm³/mol. The van der Waals surface area contributed by atoms with Crippen LogP contribution in [-0.2, 0) is 4.79 Å².